The van der Waals surface area contributed by atoms with Gasteiger partial charge in [0.25, 0.3) is 0 Å². The van der Waals surface area contributed by atoms with Crippen LogP contribution in [0.15, 0.2) is 17.6 Å². The largest absolute Gasteiger partial charge is 0.491 e. The topological polar surface area (TPSA) is 35.5 Å². The van der Waals surface area contributed by atoms with E-state index in [1.54, 1.807) is 12.1 Å². The number of benzene rings is 1. The quantitative estimate of drug-likeness (QED) is 0.495. The third-order valence-corrected chi connectivity index (χ3v) is 5.86. The molecule has 0 saturated carbocycles. The van der Waals surface area contributed by atoms with Crippen molar-refractivity contribution in [1.82, 2.24) is 0 Å². The van der Waals surface area contributed by atoms with Crippen LogP contribution in [0.1, 0.15) is 40.2 Å². The molecule has 0 radical (unpaired) electrons. The van der Waals surface area contributed by atoms with Gasteiger partial charge >= 0.3 is 7.12 Å². The maximum absolute atomic E-state index is 13.9. The van der Waals surface area contributed by atoms with Crippen molar-refractivity contribution >= 4 is 53.3 Å². The van der Waals surface area contributed by atoms with Gasteiger partial charge in [-0.2, -0.15) is 0 Å². The Morgan fingerprint density at radius 3 is 2.32 bits per heavy atom. The zero-order valence-electron chi connectivity index (χ0n) is 14.8. The van der Waals surface area contributed by atoms with Crippen molar-refractivity contribution in [3.8, 4) is 0 Å². The highest BCUT2D eigenvalue weighted by Crippen LogP contribution is 2.40. The average molecular weight is 405 g/mol. The van der Waals surface area contributed by atoms with Gasteiger partial charge in [0.15, 0.2) is 5.12 Å². The first kappa shape index (κ1) is 20.8. The second-order valence-electron chi connectivity index (χ2n) is 6.88. The molecule has 0 atom stereocenters. The van der Waals surface area contributed by atoms with Crippen molar-refractivity contribution in [2.24, 2.45) is 0 Å². The van der Waals surface area contributed by atoms with E-state index in [1.165, 1.54) is 6.92 Å². The first-order valence-corrected chi connectivity index (χ1v) is 9.51. The van der Waals surface area contributed by atoms with Crippen LogP contribution in [-0.4, -0.2) is 29.2 Å². The predicted molar refractivity (Wildman–Crippen MR) is 104 cm³/mol. The summed E-state index contributed by atoms with van der Waals surface area (Å²) in [7, 11) is -0.657. The molecule has 136 valence electrons. The minimum absolute atomic E-state index is 0.0359. The Hall–Kier alpha value is -0.525. The van der Waals surface area contributed by atoms with Crippen LogP contribution >= 0.6 is 35.0 Å². The Bertz CT molecular complexity index is 706. The van der Waals surface area contributed by atoms with Crippen LogP contribution in [-0.2, 0) is 14.1 Å². The molecular formula is C17H20BCl2FO3S. The van der Waals surface area contributed by atoms with Crippen LogP contribution in [0, 0.1) is 5.82 Å². The fourth-order valence-electron chi connectivity index (χ4n) is 2.24. The lowest BCUT2D eigenvalue weighted by Crippen LogP contribution is -2.41. The van der Waals surface area contributed by atoms with Gasteiger partial charge < -0.3 is 9.31 Å². The Kier molecular flexibility index (Phi) is 6.33. The maximum atomic E-state index is 13.9. The van der Waals surface area contributed by atoms with Crippen molar-refractivity contribution in [1.29, 1.82) is 0 Å². The summed E-state index contributed by atoms with van der Waals surface area (Å²) in [5, 5.41) is 0.165. The maximum Gasteiger partial charge on any atom is 0.491 e. The van der Waals surface area contributed by atoms with Gasteiger partial charge in [-0.25, -0.2) is 4.39 Å². The third-order valence-electron chi connectivity index (χ3n) is 4.36. The molecule has 0 aromatic heterocycles. The lowest BCUT2D eigenvalue weighted by Gasteiger charge is -2.32. The van der Waals surface area contributed by atoms with E-state index < -0.39 is 24.1 Å². The van der Waals surface area contributed by atoms with Crippen molar-refractivity contribution in [3.05, 3.63) is 39.0 Å². The van der Waals surface area contributed by atoms with E-state index in [-0.39, 0.29) is 15.2 Å². The highest BCUT2D eigenvalue weighted by atomic mass is 35.5. The van der Waals surface area contributed by atoms with Gasteiger partial charge in [0, 0.05) is 17.7 Å². The van der Waals surface area contributed by atoms with Crippen LogP contribution in [0.3, 0.4) is 0 Å². The molecule has 25 heavy (non-hydrogen) atoms. The monoisotopic (exact) mass is 404 g/mol. The van der Waals surface area contributed by atoms with Gasteiger partial charge in [-0.3, -0.25) is 4.79 Å². The van der Waals surface area contributed by atoms with Crippen molar-refractivity contribution in [2.75, 3.05) is 5.75 Å². The summed E-state index contributed by atoms with van der Waals surface area (Å²) in [5.74, 6) is -0.260. The lowest BCUT2D eigenvalue weighted by atomic mass is 9.78. The molecule has 1 aliphatic rings. The molecule has 0 unspecified atom stereocenters. The molecule has 1 fully saturated rings. The molecule has 0 aliphatic carbocycles. The second kappa shape index (κ2) is 7.61. The number of hydrogen-bond donors (Lipinski definition) is 0. The Labute approximate surface area is 162 Å². The van der Waals surface area contributed by atoms with Crippen LogP contribution in [0.4, 0.5) is 4.39 Å². The van der Waals surface area contributed by atoms with E-state index in [0.717, 1.165) is 17.8 Å². The Morgan fingerprint density at radius 1 is 1.24 bits per heavy atom. The number of carbonyl (C=O) groups excluding carboxylic acids is 1. The molecule has 3 nitrogen and oxygen atoms in total. The minimum Gasteiger partial charge on any atom is -0.400 e. The molecule has 1 saturated heterocycles. The Balaban J connectivity index is 2.42. The second-order valence-corrected chi connectivity index (χ2v) is 8.85. The summed E-state index contributed by atoms with van der Waals surface area (Å²) in [4.78, 5) is 11.4. The first-order valence-electron chi connectivity index (χ1n) is 7.77. The van der Waals surface area contributed by atoms with Crippen LogP contribution in [0.25, 0.3) is 6.08 Å². The molecule has 0 N–H and O–H groups in total. The minimum atomic E-state index is -0.657. The molecule has 1 heterocycles. The summed E-state index contributed by atoms with van der Waals surface area (Å²) in [6, 6.07) is 2.72. The number of thioether (sulfide) groups is 1. The number of hydrogen-bond acceptors (Lipinski definition) is 4. The molecule has 8 heteroatoms. The summed E-state index contributed by atoms with van der Waals surface area (Å²) >= 11 is 13.1. The van der Waals surface area contributed by atoms with Gasteiger partial charge in [0.1, 0.15) is 5.82 Å². The molecule has 1 aliphatic heterocycles. The van der Waals surface area contributed by atoms with Crippen molar-refractivity contribution in [2.45, 2.75) is 45.8 Å². The molecule has 0 amide bonds. The normalized spacial score (nSPS) is 19.4. The van der Waals surface area contributed by atoms with E-state index in [9.17, 15) is 9.18 Å². The number of carbonyl (C=O) groups is 1. The summed E-state index contributed by atoms with van der Waals surface area (Å²) in [5.41, 5.74) is 0.0464. The van der Waals surface area contributed by atoms with E-state index in [4.69, 9.17) is 32.5 Å². The summed E-state index contributed by atoms with van der Waals surface area (Å²) in [6.07, 6.45) is 1.68. The van der Waals surface area contributed by atoms with Gasteiger partial charge in [0.2, 0.25) is 0 Å². The zero-order chi connectivity index (χ0) is 19.0. The molecular weight excluding hydrogens is 385 g/mol. The molecule has 1 aromatic rings. The van der Waals surface area contributed by atoms with Crippen molar-refractivity contribution < 1.29 is 18.5 Å². The standard InChI is InChI=1S/C17H20BCl2FO3S/c1-10(22)25-9-12(18-23-16(2,3)17(4,5)24-18)6-11-7-13(19)8-14(21)15(11)20/h6-8H,9H2,1-5H3. The fourth-order valence-corrected chi connectivity index (χ4v) is 3.20. The molecule has 0 spiro atoms. The highest BCUT2D eigenvalue weighted by molar-refractivity contribution is 8.13. The zero-order valence-corrected chi connectivity index (χ0v) is 17.1. The van der Waals surface area contributed by atoms with Gasteiger partial charge in [-0.05, 0) is 50.9 Å². The van der Waals surface area contributed by atoms with E-state index >= 15 is 0 Å². The van der Waals surface area contributed by atoms with Crippen molar-refractivity contribution in [3.63, 3.8) is 0 Å². The fraction of sp³-hybridized carbons (Fsp3) is 0.471. The SMILES string of the molecule is CC(=O)SCC(=Cc1cc(Cl)cc(F)c1Cl)B1OC(C)(C)C(C)(C)O1. The summed E-state index contributed by atoms with van der Waals surface area (Å²) < 4.78 is 26.0. The van der Waals surface area contributed by atoms with E-state index in [2.05, 4.69) is 0 Å². The highest BCUT2D eigenvalue weighted by Gasteiger charge is 2.52. The van der Waals surface area contributed by atoms with Gasteiger partial charge in [-0.15, -0.1) is 0 Å². The van der Waals surface area contributed by atoms with Crippen LogP contribution in [0.5, 0.6) is 0 Å². The average Bonchev–Trinajstić information content (AvgIpc) is 2.68. The van der Waals surface area contributed by atoms with E-state index in [0.29, 0.717) is 16.8 Å². The third kappa shape index (κ3) is 4.80. The predicted octanol–water partition coefficient (Wildman–Crippen LogP) is 5.43. The molecule has 1 aromatic carbocycles. The van der Waals surface area contributed by atoms with Gasteiger partial charge in [-0.1, -0.05) is 41.0 Å². The summed E-state index contributed by atoms with van der Waals surface area (Å²) in [6.45, 7) is 9.24. The Morgan fingerprint density at radius 2 is 1.80 bits per heavy atom. The van der Waals surface area contributed by atoms with E-state index in [1.807, 2.05) is 27.7 Å². The number of halogens is 3. The van der Waals surface area contributed by atoms with Crippen LogP contribution < -0.4 is 0 Å². The van der Waals surface area contributed by atoms with Crippen LogP contribution in [0.2, 0.25) is 10.0 Å². The van der Waals surface area contributed by atoms with Gasteiger partial charge in [0.05, 0.1) is 16.2 Å². The number of rotatable bonds is 4. The molecule has 2 rings (SSSR count). The molecule has 0 bridgehead atoms. The lowest BCUT2D eigenvalue weighted by molar-refractivity contribution is -0.109. The first-order chi connectivity index (χ1) is 11.4. The smallest absolute Gasteiger partial charge is 0.400 e.